The molecule has 1 saturated carbocycles. The first-order valence-electron chi connectivity index (χ1n) is 15.7. The van der Waals surface area contributed by atoms with Gasteiger partial charge in [-0.15, -0.1) is 11.8 Å². The summed E-state index contributed by atoms with van der Waals surface area (Å²) in [7, 11) is 0. The summed E-state index contributed by atoms with van der Waals surface area (Å²) in [5.41, 5.74) is -1.26. The van der Waals surface area contributed by atoms with Crippen LogP contribution in [0.25, 0.3) is 0 Å². The molecule has 1 fully saturated rings. The minimum absolute atomic E-state index is 0.0270. The SMILES string of the molecule is [2H]c1c([2H])c([2H])c(N2C(=O)C3=C(CCN(C(=O)CCNCc4ccccc4)C3)N(OC(=O)C(F)(F)F)C2SC2CCC2)c([2H])c1[2H]. The smallest absolute Gasteiger partial charge is 0.338 e. The molecule has 12 heteroatoms. The Hall–Kier alpha value is -3.51. The quantitative estimate of drug-likeness (QED) is 0.426. The van der Waals surface area contributed by atoms with E-state index in [1.165, 1.54) is 4.90 Å². The maximum atomic E-state index is 14.3. The van der Waals surface area contributed by atoms with E-state index in [0.717, 1.165) is 28.6 Å². The van der Waals surface area contributed by atoms with E-state index in [4.69, 9.17) is 11.7 Å². The first-order chi connectivity index (χ1) is 21.8. The summed E-state index contributed by atoms with van der Waals surface area (Å²) >= 11 is 1.01. The molecule has 0 saturated heterocycles. The van der Waals surface area contributed by atoms with Crippen molar-refractivity contribution in [3.8, 4) is 0 Å². The number of hydrogen-bond donors (Lipinski definition) is 1. The molecule has 2 aromatic rings. The first kappa shape index (κ1) is 23.1. The average Bonchev–Trinajstić information content (AvgIpc) is 3.01. The molecule has 1 aliphatic carbocycles. The Morgan fingerprint density at radius 3 is 2.51 bits per heavy atom. The minimum Gasteiger partial charge on any atom is -0.338 e. The van der Waals surface area contributed by atoms with Crippen molar-refractivity contribution < 1.29 is 39.2 Å². The molecule has 2 amide bonds. The molecular weight excluding hydrogens is 557 g/mol. The van der Waals surface area contributed by atoms with Crippen molar-refractivity contribution in [1.29, 1.82) is 0 Å². The fourth-order valence-electron chi connectivity index (χ4n) is 4.68. The number of alkyl halides is 3. The Bertz CT molecular complexity index is 1530. The molecule has 1 N–H and O–H groups in total. The zero-order chi connectivity index (χ0) is 33.3. The highest BCUT2D eigenvalue weighted by molar-refractivity contribution is 8.00. The van der Waals surface area contributed by atoms with Crippen LogP contribution in [0.2, 0.25) is 0 Å². The summed E-state index contributed by atoms with van der Waals surface area (Å²) in [6, 6.07) is 5.79. The van der Waals surface area contributed by atoms with Crippen LogP contribution in [-0.4, -0.2) is 64.3 Å². The van der Waals surface area contributed by atoms with E-state index in [0.29, 0.717) is 31.0 Å². The van der Waals surface area contributed by atoms with Gasteiger partial charge in [-0.2, -0.15) is 18.2 Å². The number of nitrogens with zero attached hydrogens (tertiary/aromatic N) is 3. The Morgan fingerprint density at radius 1 is 1.12 bits per heavy atom. The van der Waals surface area contributed by atoms with E-state index in [1.54, 1.807) is 0 Å². The normalized spacial score (nSPS) is 21.3. The monoisotopic (exact) mass is 593 g/mol. The van der Waals surface area contributed by atoms with Gasteiger partial charge in [0.15, 0.2) is 5.50 Å². The van der Waals surface area contributed by atoms with Gasteiger partial charge in [0.1, 0.15) is 0 Å². The van der Waals surface area contributed by atoms with Crippen LogP contribution >= 0.6 is 11.8 Å². The molecule has 2 aliphatic heterocycles. The molecule has 2 aromatic carbocycles. The summed E-state index contributed by atoms with van der Waals surface area (Å²) in [6.45, 7) is 0.517. The second-order valence-corrected chi connectivity index (χ2v) is 11.1. The van der Waals surface area contributed by atoms with Crippen molar-refractivity contribution in [2.45, 2.75) is 55.6 Å². The first-order valence-corrected chi connectivity index (χ1v) is 14.1. The van der Waals surface area contributed by atoms with Crippen LogP contribution in [-0.2, 0) is 25.8 Å². The summed E-state index contributed by atoms with van der Waals surface area (Å²) in [6.07, 6.45) is -3.33. The van der Waals surface area contributed by atoms with E-state index in [2.05, 4.69) is 5.32 Å². The van der Waals surface area contributed by atoms with Crippen molar-refractivity contribution in [2.24, 2.45) is 0 Å². The van der Waals surface area contributed by atoms with Crippen LogP contribution in [0.5, 0.6) is 0 Å². The molecule has 0 bridgehead atoms. The lowest BCUT2D eigenvalue weighted by Gasteiger charge is -2.48. The third kappa shape index (κ3) is 6.70. The molecule has 41 heavy (non-hydrogen) atoms. The van der Waals surface area contributed by atoms with Crippen LogP contribution < -0.4 is 10.2 Å². The fraction of sp³-hybridized carbons (Fsp3) is 0.414. The number of halogens is 3. The van der Waals surface area contributed by atoms with Crippen molar-refractivity contribution in [3.05, 3.63) is 77.4 Å². The molecule has 1 atom stereocenters. The topological polar surface area (TPSA) is 82.2 Å². The van der Waals surface area contributed by atoms with Crippen molar-refractivity contribution >= 4 is 35.2 Å². The van der Waals surface area contributed by atoms with Crippen LogP contribution in [0.3, 0.4) is 0 Å². The van der Waals surface area contributed by atoms with Crippen LogP contribution in [0.4, 0.5) is 18.9 Å². The third-order valence-corrected chi connectivity index (χ3v) is 8.53. The second kappa shape index (κ2) is 12.6. The third-order valence-electron chi connectivity index (χ3n) is 7.03. The number of anilines is 1. The number of thioether (sulfide) groups is 1. The summed E-state index contributed by atoms with van der Waals surface area (Å²) in [4.78, 5) is 46.7. The Balaban J connectivity index is 1.49. The molecule has 5 rings (SSSR count). The van der Waals surface area contributed by atoms with Gasteiger partial charge in [-0.1, -0.05) is 54.9 Å². The number of carbonyl (C=O) groups excluding carboxylic acids is 3. The predicted octanol–water partition coefficient (Wildman–Crippen LogP) is 4.59. The van der Waals surface area contributed by atoms with E-state index >= 15 is 0 Å². The van der Waals surface area contributed by atoms with E-state index < -0.39 is 59.5 Å². The van der Waals surface area contributed by atoms with Crippen LogP contribution in [0.1, 0.15) is 44.5 Å². The number of carbonyl (C=O) groups is 3. The molecule has 0 spiro atoms. The number of hydroxylamine groups is 2. The minimum atomic E-state index is -5.39. The lowest BCUT2D eigenvalue weighted by atomic mass is 10.00. The molecule has 0 aromatic heterocycles. The lowest BCUT2D eigenvalue weighted by Crippen LogP contribution is -2.59. The lowest BCUT2D eigenvalue weighted by molar-refractivity contribution is -0.235. The van der Waals surface area contributed by atoms with E-state index in [-0.39, 0.29) is 48.4 Å². The van der Waals surface area contributed by atoms with Crippen LogP contribution in [0, 0.1) is 0 Å². The predicted molar refractivity (Wildman–Crippen MR) is 148 cm³/mol. The highest BCUT2D eigenvalue weighted by Crippen LogP contribution is 2.44. The summed E-state index contributed by atoms with van der Waals surface area (Å²) in [5, 5.41) is 3.69. The number of rotatable bonds is 9. The van der Waals surface area contributed by atoms with Crippen molar-refractivity contribution in [3.63, 3.8) is 0 Å². The average molecular weight is 594 g/mol. The number of benzene rings is 2. The second-order valence-electron chi connectivity index (χ2n) is 9.77. The Morgan fingerprint density at radius 2 is 1.85 bits per heavy atom. The van der Waals surface area contributed by atoms with E-state index in [9.17, 15) is 27.6 Å². The molecular formula is C29H31F3N4O4S. The van der Waals surface area contributed by atoms with Crippen molar-refractivity contribution in [1.82, 2.24) is 15.3 Å². The molecule has 0 radical (unpaired) electrons. The molecule has 8 nitrogen and oxygen atoms in total. The fourth-order valence-corrected chi connectivity index (χ4v) is 6.23. The molecule has 1 unspecified atom stereocenters. The largest absolute Gasteiger partial charge is 0.493 e. The maximum Gasteiger partial charge on any atom is 0.493 e. The van der Waals surface area contributed by atoms with Gasteiger partial charge in [-0.3, -0.25) is 14.5 Å². The van der Waals surface area contributed by atoms with Gasteiger partial charge in [-0.05, 0) is 30.5 Å². The summed E-state index contributed by atoms with van der Waals surface area (Å²) < 4.78 is 81.8. The zero-order valence-electron chi connectivity index (χ0n) is 26.9. The number of nitrogens with one attached hydrogen (secondary N) is 1. The molecule has 3 aliphatic rings. The number of amides is 2. The van der Waals surface area contributed by atoms with Crippen LogP contribution in [0.15, 0.2) is 71.8 Å². The van der Waals surface area contributed by atoms with Gasteiger partial charge in [0.25, 0.3) is 5.91 Å². The zero-order valence-corrected chi connectivity index (χ0v) is 22.7. The van der Waals surface area contributed by atoms with Crippen molar-refractivity contribution in [2.75, 3.05) is 24.5 Å². The van der Waals surface area contributed by atoms with Gasteiger partial charge in [-0.25, -0.2) is 4.79 Å². The summed E-state index contributed by atoms with van der Waals surface area (Å²) in [5.74, 6) is -3.74. The Labute approximate surface area is 247 Å². The van der Waals surface area contributed by atoms with Gasteiger partial charge in [0.05, 0.1) is 24.7 Å². The highest BCUT2D eigenvalue weighted by atomic mass is 32.2. The number of hydrogen-bond acceptors (Lipinski definition) is 7. The van der Waals surface area contributed by atoms with Gasteiger partial charge in [0, 0.05) is 43.4 Å². The van der Waals surface area contributed by atoms with Gasteiger partial charge in [0.2, 0.25) is 5.91 Å². The maximum absolute atomic E-state index is 14.3. The Kier molecular flexibility index (Phi) is 7.08. The van der Waals surface area contributed by atoms with E-state index in [1.807, 2.05) is 30.3 Å². The van der Waals surface area contributed by atoms with Gasteiger partial charge >= 0.3 is 12.1 Å². The molecule has 218 valence electrons. The number of para-hydroxylation sites is 1. The standard InChI is InChI=1S/C29H31F3N4O4S/c30-29(31,32)27(39)40-36-24-15-17-34(25(37)14-16-33-18-20-8-3-1-4-9-20)19-23(24)26(38)35(21-10-5-2-6-11-21)28(36)41-22-12-7-13-22/h1-6,8-11,22,28,33H,7,12-19H2/i2D,5D,6D,10D,11D. The molecule has 2 heterocycles. The highest BCUT2D eigenvalue weighted by Gasteiger charge is 2.50. The van der Waals surface area contributed by atoms with Gasteiger partial charge < -0.3 is 15.1 Å².